The Morgan fingerprint density at radius 1 is 1.12 bits per heavy atom. The van der Waals surface area contributed by atoms with E-state index in [1.165, 1.54) is 38.5 Å². The molecule has 0 unspecified atom stereocenters. The summed E-state index contributed by atoms with van der Waals surface area (Å²) in [6.07, 6.45) is 16.9. The van der Waals surface area contributed by atoms with Gasteiger partial charge in [0.2, 0.25) is 0 Å². The summed E-state index contributed by atoms with van der Waals surface area (Å²) < 4.78 is 0. The summed E-state index contributed by atoms with van der Waals surface area (Å²) in [6, 6.07) is 0. The topological polar surface area (TPSA) is 0 Å². The maximum atomic E-state index is 2.47. The monoisotopic (exact) mass is 220 g/mol. The van der Waals surface area contributed by atoms with E-state index in [-0.39, 0.29) is 0 Å². The molecular weight excluding hydrogens is 192 g/mol. The molecule has 0 aromatic rings. The Labute approximate surface area is 102 Å². The van der Waals surface area contributed by atoms with Crippen molar-refractivity contribution in [2.24, 2.45) is 11.8 Å². The minimum atomic E-state index is 0.680. The zero-order chi connectivity index (χ0) is 11.8. The first-order valence-electron chi connectivity index (χ1n) is 7.12. The Bertz CT molecular complexity index is 224. The predicted octanol–water partition coefficient (Wildman–Crippen LogP) is 5.51. The first kappa shape index (κ1) is 13.5. The largest absolute Gasteiger partial charge is 0.0845 e. The molecule has 0 radical (unpaired) electrons. The van der Waals surface area contributed by atoms with Crippen LogP contribution in [-0.4, -0.2) is 0 Å². The third-order valence-electron chi connectivity index (χ3n) is 3.40. The fraction of sp³-hybridized carbons (Fsp3) is 0.750. The van der Waals surface area contributed by atoms with Crippen LogP contribution in [0.4, 0.5) is 0 Å². The molecule has 0 spiro atoms. The van der Waals surface area contributed by atoms with Crippen molar-refractivity contribution in [1.82, 2.24) is 0 Å². The summed E-state index contributed by atoms with van der Waals surface area (Å²) in [5.41, 5.74) is 1.61. The van der Waals surface area contributed by atoms with Crippen molar-refractivity contribution in [2.45, 2.75) is 65.7 Å². The van der Waals surface area contributed by atoms with Crippen LogP contribution in [0.1, 0.15) is 65.7 Å². The summed E-state index contributed by atoms with van der Waals surface area (Å²) in [5.74, 6) is 1.52. The van der Waals surface area contributed by atoms with Crippen molar-refractivity contribution < 1.29 is 0 Å². The number of rotatable bonds is 4. The SMILES string of the molecule is CCC=CC(=CC(C)C)C1CCCCCC1. The van der Waals surface area contributed by atoms with Gasteiger partial charge in [0.05, 0.1) is 0 Å². The highest BCUT2D eigenvalue weighted by Crippen LogP contribution is 2.30. The van der Waals surface area contributed by atoms with Crippen molar-refractivity contribution >= 4 is 0 Å². The Morgan fingerprint density at radius 2 is 1.75 bits per heavy atom. The lowest BCUT2D eigenvalue weighted by Gasteiger charge is -2.17. The molecule has 1 aliphatic carbocycles. The minimum Gasteiger partial charge on any atom is -0.0845 e. The molecular formula is C16H28. The molecule has 16 heavy (non-hydrogen) atoms. The lowest BCUT2D eigenvalue weighted by atomic mass is 9.89. The van der Waals surface area contributed by atoms with E-state index in [2.05, 4.69) is 39.0 Å². The van der Waals surface area contributed by atoms with E-state index in [1.807, 2.05) is 0 Å². The summed E-state index contributed by atoms with van der Waals surface area (Å²) in [6.45, 7) is 6.80. The number of hydrogen-bond donors (Lipinski definition) is 0. The van der Waals surface area contributed by atoms with Crippen LogP contribution in [0.15, 0.2) is 23.8 Å². The lowest BCUT2D eigenvalue weighted by molar-refractivity contribution is 0.534. The van der Waals surface area contributed by atoms with Crippen LogP contribution in [0.2, 0.25) is 0 Å². The van der Waals surface area contributed by atoms with Crippen LogP contribution in [0.3, 0.4) is 0 Å². The average molecular weight is 220 g/mol. The van der Waals surface area contributed by atoms with E-state index in [0.29, 0.717) is 5.92 Å². The van der Waals surface area contributed by atoms with Gasteiger partial charge in [-0.05, 0) is 36.7 Å². The average Bonchev–Trinajstić information content (AvgIpc) is 2.52. The maximum absolute atomic E-state index is 2.47. The molecule has 0 bridgehead atoms. The van der Waals surface area contributed by atoms with Gasteiger partial charge in [0.15, 0.2) is 0 Å². The number of allylic oxidation sites excluding steroid dienone is 4. The fourth-order valence-electron chi connectivity index (χ4n) is 2.58. The Morgan fingerprint density at radius 3 is 2.25 bits per heavy atom. The second-order valence-electron chi connectivity index (χ2n) is 5.41. The zero-order valence-electron chi connectivity index (χ0n) is 11.3. The number of hydrogen-bond acceptors (Lipinski definition) is 0. The van der Waals surface area contributed by atoms with Crippen molar-refractivity contribution in [3.63, 3.8) is 0 Å². The van der Waals surface area contributed by atoms with Crippen molar-refractivity contribution in [3.05, 3.63) is 23.8 Å². The third-order valence-corrected chi connectivity index (χ3v) is 3.40. The highest BCUT2D eigenvalue weighted by molar-refractivity contribution is 5.22. The first-order valence-corrected chi connectivity index (χ1v) is 7.12. The van der Waals surface area contributed by atoms with Gasteiger partial charge in [0.1, 0.15) is 0 Å². The molecule has 92 valence electrons. The van der Waals surface area contributed by atoms with Gasteiger partial charge in [0, 0.05) is 0 Å². The van der Waals surface area contributed by atoms with Gasteiger partial charge in [-0.2, -0.15) is 0 Å². The van der Waals surface area contributed by atoms with Gasteiger partial charge < -0.3 is 0 Å². The molecule has 0 aromatic heterocycles. The van der Waals surface area contributed by atoms with Gasteiger partial charge in [-0.3, -0.25) is 0 Å². The molecule has 0 amide bonds. The molecule has 0 saturated heterocycles. The Hall–Kier alpha value is -0.520. The van der Waals surface area contributed by atoms with Crippen molar-refractivity contribution in [3.8, 4) is 0 Å². The molecule has 0 atom stereocenters. The molecule has 1 fully saturated rings. The van der Waals surface area contributed by atoms with Crippen LogP contribution in [0.25, 0.3) is 0 Å². The Balaban J connectivity index is 2.69. The predicted molar refractivity (Wildman–Crippen MR) is 73.5 cm³/mol. The second kappa shape index (κ2) is 7.70. The van der Waals surface area contributed by atoms with Gasteiger partial charge in [0.25, 0.3) is 0 Å². The summed E-state index contributed by atoms with van der Waals surface area (Å²) >= 11 is 0. The smallest absolute Gasteiger partial charge is 0.0165 e. The molecule has 0 heteroatoms. The summed E-state index contributed by atoms with van der Waals surface area (Å²) in [7, 11) is 0. The highest BCUT2D eigenvalue weighted by Gasteiger charge is 2.15. The normalized spacial score (nSPS) is 20.6. The van der Waals surface area contributed by atoms with Gasteiger partial charge in [-0.1, -0.05) is 64.7 Å². The van der Waals surface area contributed by atoms with E-state index in [4.69, 9.17) is 0 Å². The molecule has 0 nitrogen and oxygen atoms in total. The van der Waals surface area contributed by atoms with E-state index >= 15 is 0 Å². The van der Waals surface area contributed by atoms with Crippen LogP contribution < -0.4 is 0 Å². The summed E-state index contributed by atoms with van der Waals surface area (Å²) in [5, 5.41) is 0. The van der Waals surface area contributed by atoms with E-state index < -0.39 is 0 Å². The first-order chi connectivity index (χ1) is 7.74. The molecule has 1 aliphatic rings. The standard InChI is InChI=1S/C16H28/c1-4-5-10-16(13-14(2)3)15-11-8-6-7-9-12-15/h5,10,13-15H,4,6-9,11-12H2,1-3H3. The fourth-order valence-corrected chi connectivity index (χ4v) is 2.58. The molecule has 1 saturated carbocycles. The quantitative estimate of drug-likeness (QED) is 0.433. The summed E-state index contributed by atoms with van der Waals surface area (Å²) in [4.78, 5) is 0. The van der Waals surface area contributed by atoms with Crippen LogP contribution in [0.5, 0.6) is 0 Å². The van der Waals surface area contributed by atoms with Crippen molar-refractivity contribution in [1.29, 1.82) is 0 Å². The molecule has 0 heterocycles. The van der Waals surface area contributed by atoms with Crippen molar-refractivity contribution in [2.75, 3.05) is 0 Å². The third kappa shape index (κ3) is 5.01. The van der Waals surface area contributed by atoms with E-state index in [9.17, 15) is 0 Å². The molecule has 0 N–H and O–H groups in total. The van der Waals surface area contributed by atoms with E-state index in [1.54, 1.807) is 5.57 Å². The Kier molecular flexibility index (Phi) is 6.52. The zero-order valence-corrected chi connectivity index (χ0v) is 11.3. The van der Waals surface area contributed by atoms with Gasteiger partial charge >= 0.3 is 0 Å². The molecule has 0 aliphatic heterocycles. The van der Waals surface area contributed by atoms with Gasteiger partial charge in [-0.25, -0.2) is 0 Å². The molecule has 1 rings (SSSR count). The van der Waals surface area contributed by atoms with Crippen LogP contribution in [0, 0.1) is 11.8 Å². The van der Waals surface area contributed by atoms with Crippen LogP contribution >= 0.6 is 0 Å². The minimum absolute atomic E-state index is 0.680. The highest BCUT2D eigenvalue weighted by atomic mass is 14.2. The van der Waals surface area contributed by atoms with E-state index in [0.717, 1.165) is 12.3 Å². The molecule has 0 aromatic carbocycles. The second-order valence-corrected chi connectivity index (χ2v) is 5.41. The maximum Gasteiger partial charge on any atom is -0.0165 e. The van der Waals surface area contributed by atoms with Gasteiger partial charge in [-0.15, -0.1) is 0 Å². The lowest BCUT2D eigenvalue weighted by Crippen LogP contribution is -2.02. The van der Waals surface area contributed by atoms with Crippen LogP contribution in [-0.2, 0) is 0 Å².